The van der Waals surface area contributed by atoms with E-state index < -0.39 is 5.54 Å². The Bertz CT molecular complexity index is 1080. The lowest BCUT2D eigenvalue weighted by molar-refractivity contribution is -0.138. The van der Waals surface area contributed by atoms with Crippen LogP contribution in [-0.2, 0) is 15.1 Å². The maximum atomic E-state index is 13.7. The number of rotatable bonds is 4. The molecule has 1 aliphatic rings. The van der Waals surface area contributed by atoms with E-state index in [1.54, 1.807) is 11.0 Å². The lowest BCUT2D eigenvalue weighted by atomic mass is 9.79. The van der Waals surface area contributed by atoms with Crippen molar-refractivity contribution in [3.63, 3.8) is 0 Å². The second kappa shape index (κ2) is 6.92. The Morgan fingerprint density at radius 2 is 1.62 bits per heavy atom. The van der Waals surface area contributed by atoms with Gasteiger partial charge in [0.1, 0.15) is 11.5 Å². The van der Waals surface area contributed by atoms with Crippen molar-refractivity contribution in [1.82, 2.24) is 0 Å². The van der Waals surface area contributed by atoms with Gasteiger partial charge in [0.25, 0.3) is 5.91 Å². The SMILES string of the molecule is Cc1ccc(N2C(=O)CC2(C(=O)Nc2c(C)cccc2C)c2ccc(C)o2)cc1. The highest BCUT2D eigenvalue weighted by molar-refractivity contribution is 6.16. The van der Waals surface area contributed by atoms with Crippen LogP contribution < -0.4 is 10.2 Å². The number of aryl methyl sites for hydroxylation is 4. The van der Waals surface area contributed by atoms with Crippen molar-refractivity contribution in [2.24, 2.45) is 0 Å². The minimum absolute atomic E-state index is 0.0601. The number of para-hydroxylation sites is 1. The summed E-state index contributed by atoms with van der Waals surface area (Å²) in [6.45, 7) is 7.72. The number of benzene rings is 2. The molecule has 1 N–H and O–H groups in total. The Kier molecular flexibility index (Phi) is 4.53. The zero-order valence-electron chi connectivity index (χ0n) is 17.1. The van der Waals surface area contributed by atoms with E-state index in [2.05, 4.69) is 5.32 Å². The Morgan fingerprint density at radius 3 is 2.17 bits per heavy atom. The molecule has 1 unspecified atom stereocenters. The highest BCUT2D eigenvalue weighted by Gasteiger charge is 2.60. The minimum atomic E-state index is -1.21. The smallest absolute Gasteiger partial charge is 0.259 e. The molecular weight excluding hydrogens is 364 g/mol. The van der Waals surface area contributed by atoms with Crippen LogP contribution in [0.2, 0.25) is 0 Å². The van der Waals surface area contributed by atoms with Gasteiger partial charge in [0.2, 0.25) is 5.91 Å². The van der Waals surface area contributed by atoms with Gasteiger partial charge in [-0.15, -0.1) is 0 Å². The summed E-state index contributed by atoms with van der Waals surface area (Å²) in [5.74, 6) is 0.783. The molecular formula is C24H24N2O3. The maximum Gasteiger partial charge on any atom is 0.259 e. The number of nitrogens with zero attached hydrogens (tertiary/aromatic N) is 1. The number of carbonyl (C=O) groups is 2. The van der Waals surface area contributed by atoms with Crippen molar-refractivity contribution in [1.29, 1.82) is 0 Å². The molecule has 1 aliphatic heterocycles. The Morgan fingerprint density at radius 1 is 0.966 bits per heavy atom. The molecule has 2 amide bonds. The van der Waals surface area contributed by atoms with Gasteiger partial charge in [0.05, 0.1) is 6.42 Å². The molecule has 5 heteroatoms. The Labute approximate surface area is 170 Å². The van der Waals surface area contributed by atoms with Crippen LogP contribution in [0.4, 0.5) is 11.4 Å². The molecule has 148 valence electrons. The zero-order valence-corrected chi connectivity index (χ0v) is 17.1. The van der Waals surface area contributed by atoms with Crippen LogP contribution in [-0.4, -0.2) is 11.8 Å². The first-order chi connectivity index (χ1) is 13.8. The molecule has 1 atom stereocenters. The van der Waals surface area contributed by atoms with Gasteiger partial charge in [0, 0.05) is 11.4 Å². The third kappa shape index (κ3) is 3.03. The van der Waals surface area contributed by atoms with Crippen LogP contribution in [0.3, 0.4) is 0 Å². The van der Waals surface area contributed by atoms with Gasteiger partial charge >= 0.3 is 0 Å². The van der Waals surface area contributed by atoms with Crippen molar-refractivity contribution < 1.29 is 14.0 Å². The summed E-state index contributed by atoms with van der Waals surface area (Å²) in [6, 6.07) is 17.1. The van der Waals surface area contributed by atoms with Crippen LogP contribution in [0, 0.1) is 27.7 Å². The summed E-state index contributed by atoms with van der Waals surface area (Å²) in [6.07, 6.45) is 0.0601. The quantitative estimate of drug-likeness (QED) is 0.654. The molecule has 1 aromatic heterocycles. The van der Waals surface area contributed by atoms with Crippen molar-refractivity contribution >= 4 is 23.2 Å². The van der Waals surface area contributed by atoms with Crippen molar-refractivity contribution in [3.8, 4) is 0 Å². The normalized spacial score (nSPS) is 18.5. The number of hydrogen-bond acceptors (Lipinski definition) is 3. The van der Waals surface area contributed by atoms with Crippen LogP contribution in [0.15, 0.2) is 59.0 Å². The van der Waals surface area contributed by atoms with E-state index in [4.69, 9.17) is 4.42 Å². The fourth-order valence-corrected chi connectivity index (χ4v) is 3.93. The molecule has 0 spiro atoms. The summed E-state index contributed by atoms with van der Waals surface area (Å²) in [5.41, 5.74) is 3.25. The average molecular weight is 388 g/mol. The predicted molar refractivity (Wildman–Crippen MR) is 113 cm³/mol. The topological polar surface area (TPSA) is 62.6 Å². The lowest BCUT2D eigenvalue weighted by Crippen LogP contribution is -2.67. The van der Waals surface area contributed by atoms with E-state index in [0.29, 0.717) is 17.2 Å². The monoisotopic (exact) mass is 388 g/mol. The zero-order chi connectivity index (χ0) is 20.8. The van der Waals surface area contributed by atoms with Crippen LogP contribution in [0.5, 0.6) is 0 Å². The second-order valence-corrected chi connectivity index (χ2v) is 7.73. The third-order valence-corrected chi connectivity index (χ3v) is 5.57. The molecule has 4 rings (SSSR count). The number of amides is 2. The molecule has 0 saturated carbocycles. The van der Waals surface area contributed by atoms with Crippen LogP contribution in [0.25, 0.3) is 0 Å². The number of hydrogen-bond donors (Lipinski definition) is 1. The molecule has 3 aromatic rings. The van der Waals surface area contributed by atoms with Crippen molar-refractivity contribution in [2.75, 3.05) is 10.2 Å². The van der Waals surface area contributed by atoms with E-state index >= 15 is 0 Å². The average Bonchev–Trinajstić information content (AvgIpc) is 3.10. The van der Waals surface area contributed by atoms with Gasteiger partial charge in [0.15, 0.2) is 5.54 Å². The number of furan rings is 1. The molecule has 2 aromatic carbocycles. The molecule has 1 fully saturated rings. The molecule has 0 bridgehead atoms. The predicted octanol–water partition coefficient (Wildman–Crippen LogP) is 4.78. The number of anilines is 2. The summed E-state index contributed by atoms with van der Waals surface area (Å²) >= 11 is 0. The first-order valence-electron chi connectivity index (χ1n) is 9.67. The third-order valence-electron chi connectivity index (χ3n) is 5.57. The standard InChI is InChI=1S/C24H24N2O3/c1-15-8-11-19(12-9-15)26-21(27)14-24(26,20-13-10-18(4)29-20)23(28)25-22-16(2)6-5-7-17(22)3/h5-13H,14H2,1-4H3,(H,25,28). The van der Waals surface area contributed by atoms with Gasteiger partial charge in [-0.2, -0.15) is 0 Å². The fourth-order valence-electron chi connectivity index (χ4n) is 3.93. The molecule has 0 radical (unpaired) electrons. The number of nitrogens with one attached hydrogen (secondary N) is 1. The van der Waals surface area contributed by atoms with E-state index in [1.165, 1.54) is 0 Å². The highest BCUT2D eigenvalue weighted by Crippen LogP contribution is 2.46. The van der Waals surface area contributed by atoms with Crippen LogP contribution >= 0.6 is 0 Å². The molecule has 2 heterocycles. The second-order valence-electron chi connectivity index (χ2n) is 7.73. The number of carbonyl (C=O) groups excluding carboxylic acids is 2. The summed E-state index contributed by atoms with van der Waals surface area (Å²) in [4.78, 5) is 27.9. The van der Waals surface area contributed by atoms with E-state index in [-0.39, 0.29) is 18.2 Å². The van der Waals surface area contributed by atoms with Crippen molar-refractivity contribution in [3.05, 3.63) is 82.8 Å². The van der Waals surface area contributed by atoms with E-state index in [9.17, 15) is 9.59 Å². The summed E-state index contributed by atoms with van der Waals surface area (Å²) < 4.78 is 5.88. The Hall–Kier alpha value is -3.34. The van der Waals surface area contributed by atoms with Crippen LogP contribution in [0.1, 0.15) is 34.6 Å². The molecule has 29 heavy (non-hydrogen) atoms. The fraction of sp³-hybridized carbons (Fsp3) is 0.250. The first-order valence-corrected chi connectivity index (χ1v) is 9.67. The summed E-state index contributed by atoms with van der Waals surface area (Å²) in [5, 5.41) is 3.07. The molecule has 1 saturated heterocycles. The number of β-lactam (4-membered cyclic amide) rings is 1. The van der Waals surface area contributed by atoms with Gasteiger partial charge in [-0.25, -0.2) is 0 Å². The largest absolute Gasteiger partial charge is 0.463 e. The van der Waals surface area contributed by atoms with Gasteiger partial charge in [-0.05, 0) is 63.1 Å². The highest BCUT2D eigenvalue weighted by atomic mass is 16.3. The minimum Gasteiger partial charge on any atom is -0.463 e. The van der Waals surface area contributed by atoms with E-state index in [1.807, 2.05) is 76.2 Å². The molecule has 0 aliphatic carbocycles. The maximum absolute atomic E-state index is 13.7. The van der Waals surface area contributed by atoms with Gasteiger partial charge in [-0.1, -0.05) is 35.9 Å². The van der Waals surface area contributed by atoms with Gasteiger partial charge < -0.3 is 9.73 Å². The Balaban J connectivity index is 1.81. The molecule has 5 nitrogen and oxygen atoms in total. The van der Waals surface area contributed by atoms with Crippen molar-refractivity contribution in [2.45, 2.75) is 39.7 Å². The first kappa shape index (κ1) is 19.0. The lowest BCUT2D eigenvalue weighted by Gasteiger charge is -2.49. The van der Waals surface area contributed by atoms with E-state index in [0.717, 1.165) is 22.4 Å². The van der Waals surface area contributed by atoms with Gasteiger partial charge in [-0.3, -0.25) is 14.5 Å². The summed E-state index contributed by atoms with van der Waals surface area (Å²) in [7, 11) is 0.